The predicted octanol–water partition coefficient (Wildman–Crippen LogP) is 1.46. The molecule has 0 amide bonds. The van der Waals surface area contributed by atoms with Crippen LogP contribution in [0.15, 0.2) is 18.3 Å². The molecule has 13 heavy (non-hydrogen) atoms. The van der Waals surface area contributed by atoms with Crippen LogP contribution in [0.5, 0.6) is 5.75 Å². The summed E-state index contributed by atoms with van der Waals surface area (Å²) in [6.45, 7) is 0. The summed E-state index contributed by atoms with van der Waals surface area (Å²) >= 11 is 0. The van der Waals surface area contributed by atoms with E-state index in [4.69, 9.17) is 4.74 Å². The minimum Gasteiger partial charge on any atom is -0.495 e. The van der Waals surface area contributed by atoms with Crippen LogP contribution in [0.1, 0.15) is 25.0 Å². The lowest BCUT2D eigenvalue weighted by molar-refractivity contribution is -0.0444. The molecule has 0 bridgehead atoms. The summed E-state index contributed by atoms with van der Waals surface area (Å²) in [5, 5.41) is 10.1. The van der Waals surface area contributed by atoms with Crippen LogP contribution < -0.4 is 4.74 Å². The second-order valence-electron chi connectivity index (χ2n) is 3.44. The number of aliphatic hydroxyl groups is 1. The van der Waals surface area contributed by atoms with E-state index in [0.29, 0.717) is 11.4 Å². The number of nitrogens with zero attached hydrogens (tertiary/aromatic N) is 1. The van der Waals surface area contributed by atoms with Crippen molar-refractivity contribution in [2.24, 2.45) is 0 Å². The lowest BCUT2D eigenvalue weighted by atomic mass is 9.77. The molecule has 0 aromatic carbocycles. The van der Waals surface area contributed by atoms with E-state index < -0.39 is 5.60 Å². The van der Waals surface area contributed by atoms with Gasteiger partial charge in [0.05, 0.1) is 7.11 Å². The molecule has 1 heterocycles. The third-order valence-corrected chi connectivity index (χ3v) is 2.61. The van der Waals surface area contributed by atoms with Crippen LogP contribution in [0, 0.1) is 0 Å². The Labute approximate surface area is 77.4 Å². The Morgan fingerprint density at radius 2 is 2.31 bits per heavy atom. The maximum absolute atomic E-state index is 10.1. The highest BCUT2D eigenvalue weighted by Crippen LogP contribution is 2.43. The topological polar surface area (TPSA) is 42.4 Å². The first kappa shape index (κ1) is 8.51. The Morgan fingerprint density at radius 1 is 1.54 bits per heavy atom. The molecule has 1 fully saturated rings. The molecule has 1 aliphatic rings. The zero-order valence-corrected chi connectivity index (χ0v) is 7.66. The second-order valence-corrected chi connectivity index (χ2v) is 3.44. The highest BCUT2D eigenvalue weighted by molar-refractivity contribution is 5.32. The summed E-state index contributed by atoms with van der Waals surface area (Å²) in [5.74, 6) is 0.685. The quantitative estimate of drug-likeness (QED) is 0.747. The zero-order chi connectivity index (χ0) is 9.31. The summed E-state index contributed by atoms with van der Waals surface area (Å²) in [7, 11) is 1.60. The molecule has 0 saturated heterocycles. The van der Waals surface area contributed by atoms with Crippen molar-refractivity contribution < 1.29 is 9.84 Å². The van der Waals surface area contributed by atoms with Crippen molar-refractivity contribution in [1.29, 1.82) is 0 Å². The molecule has 3 heteroatoms. The number of aromatic nitrogens is 1. The van der Waals surface area contributed by atoms with E-state index in [-0.39, 0.29) is 0 Å². The van der Waals surface area contributed by atoms with Gasteiger partial charge in [0.1, 0.15) is 17.0 Å². The number of rotatable bonds is 2. The Kier molecular flexibility index (Phi) is 1.96. The van der Waals surface area contributed by atoms with Crippen LogP contribution in [0.25, 0.3) is 0 Å². The molecule has 3 nitrogen and oxygen atoms in total. The summed E-state index contributed by atoms with van der Waals surface area (Å²) in [4.78, 5) is 4.17. The molecule has 1 aromatic rings. The second kappa shape index (κ2) is 3.00. The van der Waals surface area contributed by atoms with E-state index in [1.807, 2.05) is 12.1 Å². The van der Waals surface area contributed by atoms with Gasteiger partial charge < -0.3 is 9.84 Å². The Bertz CT molecular complexity index is 308. The Morgan fingerprint density at radius 3 is 2.85 bits per heavy atom. The van der Waals surface area contributed by atoms with Gasteiger partial charge in [0, 0.05) is 6.20 Å². The van der Waals surface area contributed by atoms with Gasteiger partial charge in [0.25, 0.3) is 0 Å². The molecule has 0 spiro atoms. The minimum atomic E-state index is -0.730. The molecular formula is C10H13NO2. The summed E-state index contributed by atoms with van der Waals surface area (Å²) in [5.41, 5.74) is -0.0455. The smallest absolute Gasteiger partial charge is 0.143 e. The van der Waals surface area contributed by atoms with Gasteiger partial charge in [0.2, 0.25) is 0 Å². The van der Waals surface area contributed by atoms with Crippen molar-refractivity contribution in [2.75, 3.05) is 7.11 Å². The lowest BCUT2D eigenvalue weighted by Gasteiger charge is -2.36. The largest absolute Gasteiger partial charge is 0.495 e. The molecule has 1 saturated carbocycles. The first-order valence-electron chi connectivity index (χ1n) is 4.48. The first-order chi connectivity index (χ1) is 6.26. The molecule has 1 aromatic heterocycles. The number of methoxy groups -OCH3 is 1. The van der Waals surface area contributed by atoms with Crippen LogP contribution in [0.4, 0.5) is 0 Å². The van der Waals surface area contributed by atoms with Gasteiger partial charge in [-0.2, -0.15) is 0 Å². The minimum absolute atomic E-state index is 0.684. The molecule has 0 radical (unpaired) electrons. The van der Waals surface area contributed by atoms with Gasteiger partial charge in [-0.1, -0.05) is 0 Å². The van der Waals surface area contributed by atoms with Gasteiger partial charge in [-0.05, 0) is 31.4 Å². The fourth-order valence-electron chi connectivity index (χ4n) is 1.65. The molecule has 70 valence electrons. The van der Waals surface area contributed by atoms with E-state index in [1.54, 1.807) is 13.3 Å². The van der Waals surface area contributed by atoms with Crippen molar-refractivity contribution in [3.63, 3.8) is 0 Å². The third kappa shape index (κ3) is 1.29. The van der Waals surface area contributed by atoms with Gasteiger partial charge in [-0.25, -0.2) is 0 Å². The summed E-state index contributed by atoms with van der Waals surface area (Å²) < 4.78 is 5.14. The molecule has 1 aliphatic carbocycles. The van der Waals surface area contributed by atoms with Crippen LogP contribution >= 0.6 is 0 Å². The average molecular weight is 179 g/mol. The van der Waals surface area contributed by atoms with Crippen LogP contribution in [0.2, 0.25) is 0 Å². The molecule has 1 N–H and O–H groups in total. The molecule has 0 aliphatic heterocycles. The normalized spacial score (nSPS) is 19.2. The van der Waals surface area contributed by atoms with Crippen molar-refractivity contribution in [2.45, 2.75) is 24.9 Å². The average Bonchev–Trinajstić information content (AvgIpc) is 2.14. The van der Waals surface area contributed by atoms with E-state index in [2.05, 4.69) is 4.98 Å². The highest BCUT2D eigenvalue weighted by Gasteiger charge is 2.39. The Hall–Kier alpha value is -1.09. The molecule has 2 rings (SSSR count). The van der Waals surface area contributed by atoms with Crippen LogP contribution in [-0.4, -0.2) is 17.2 Å². The van der Waals surface area contributed by atoms with Crippen LogP contribution in [-0.2, 0) is 5.60 Å². The number of hydrogen-bond donors (Lipinski definition) is 1. The van der Waals surface area contributed by atoms with Gasteiger partial charge >= 0.3 is 0 Å². The standard InChI is InChI=1S/C10H13NO2/c1-13-8-4-2-7-11-9(8)10(12)5-3-6-10/h2,4,7,12H,3,5-6H2,1H3. The summed E-state index contributed by atoms with van der Waals surface area (Å²) in [6, 6.07) is 3.64. The fraction of sp³-hybridized carbons (Fsp3) is 0.500. The van der Waals surface area contributed by atoms with Crippen molar-refractivity contribution in [3.05, 3.63) is 24.0 Å². The fourth-order valence-corrected chi connectivity index (χ4v) is 1.65. The molecule has 0 atom stereocenters. The monoisotopic (exact) mass is 179 g/mol. The number of hydrogen-bond acceptors (Lipinski definition) is 3. The van der Waals surface area contributed by atoms with E-state index in [0.717, 1.165) is 19.3 Å². The highest BCUT2D eigenvalue weighted by atomic mass is 16.5. The van der Waals surface area contributed by atoms with Gasteiger partial charge in [-0.3, -0.25) is 4.98 Å². The number of ether oxygens (including phenoxy) is 1. The Balaban J connectivity index is 2.38. The maximum atomic E-state index is 10.1. The van der Waals surface area contributed by atoms with Crippen LogP contribution in [0.3, 0.4) is 0 Å². The van der Waals surface area contributed by atoms with E-state index >= 15 is 0 Å². The molecule has 0 unspecified atom stereocenters. The lowest BCUT2D eigenvalue weighted by Crippen LogP contribution is -2.34. The van der Waals surface area contributed by atoms with Crippen molar-refractivity contribution in [1.82, 2.24) is 4.98 Å². The first-order valence-corrected chi connectivity index (χ1v) is 4.48. The zero-order valence-electron chi connectivity index (χ0n) is 7.66. The summed E-state index contributed by atoms with van der Waals surface area (Å²) in [6.07, 6.45) is 4.34. The van der Waals surface area contributed by atoms with Crippen molar-refractivity contribution >= 4 is 0 Å². The van der Waals surface area contributed by atoms with Gasteiger partial charge in [-0.15, -0.1) is 0 Å². The van der Waals surface area contributed by atoms with Crippen molar-refractivity contribution in [3.8, 4) is 5.75 Å². The van der Waals surface area contributed by atoms with E-state index in [1.165, 1.54) is 0 Å². The predicted molar refractivity (Wildman–Crippen MR) is 48.5 cm³/mol. The third-order valence-electron chi connectivity index (χ3n) is 2.61. The molecular weight excluding hydrogens is 166 g/mol. The van der Waals surface area contributed by atoms with Gasteiger partial charge in [0.15, 0.2) is 0 Å². The maximum Gasteiger partial charge on any atom is 0.143 e. The van der Waals surface area contributed by atoms with E-state index in [9.17, 15) is 5.11 Å². The number of pyridine rings is 1. The SMILES string of the molecule is COc1cccnc1C1(O)CCC1.